The van der Waals surface area contributed by atoms with E-state index >= 15 is 0 Å². The number of hydrogen-bond donors (Lipinski definition) is 1. The van der Waals surface area contributed by atoms with Gasteiger partial charge in [0.05, 0.1) is 0 Å². The summed E-state index contributed by atoms with van der Waals surface area (Å²) in [7, 11) is 0. The van der Waals surface area contributed by atoms with Crippen molar-refractivity contribution in [1.82, 2.24) is 20.4 Å². The van der Waals surface area contributed by atoms with Crippen LogP contribution in [0.1, 0.15) is 28.1 Å². The van der Waals surface area contributed by atoms with Crippen LogP contribution in [-0.2, 0) is 12.8 Å². The summed E-state index contributed by atoms with van der Waals surface area (Å²) in [5.41, 5.74) is 1.63. The number of nitrogens with zero attached hydrogens (tertiary/aromatic N) is 3. The van der Waals surface area contributed by atoms with E-state index in [-0.39, 0.29) is 5.91 Å². The fourth-order valence-corrected chi connectivity index (χ4v) is 2.86. The second-order valence-corrected chi connectivity index (χ2v) is 6.33. The SMILES string of the molecule is CCc1noc(-c2csc(C(=O)NCCc3ccc(Cl)cc3)n2)n1. The standard InChI is InChI=1S/C16H15ClN4O2S/c1-2-13-20-15(23-21-13)12-9-24-16(19-12)14(22)18-8-7-10-3-5-11(17)6-4-10/h3-6,9H,2,7-8H2,1H3,(H,18,22). The molecular formula is C16H15ClN4O2S. The molecule has 8 heteroatoms. The van der Waals surface area contributed by atoms with Crippen LogP contribution in [0.15, 0.2) is 34.2 Å². The van der Waals surface area contributed by atoms with Gasteiger partial charge in [-0.25, -0.2) is 4.98 Å². The number of thiazole rings is 1. The maximum Gasteiger partial charge on any atom is 0.280 e. The third-order valence-corrected chi connectivity index (χ3v) is 4.41. The zero-order valence-electron chi connectivity index (χ0n) is 13.0. The van der Waals surface area contributed by atoms with Crippen LogP contribution in [0.3, 0.4) is 0 Å². The number of nitrogens with one attached hydrogen (secondary N) is 1. The molecule has 6 nitrogen and oxygen atoms in total. The highest BCUT2D eigenvalue weighted by atomic mass is 35.5. The summed E-state index contributed by atoms with van der Waals surface area (Å²) in [5.74, 6) is 0.741. The summed E-state index contributed by atoms with van der Waals surface area (Å²) in [6.45, 7) is 2.46. The quantitative estimate of drug-likeness (QED) is 0.727. The highest BCUT2D eigenvalue weighted by Crippen LogP contribution is 2.20. The maximum atomic E-state index is 12.1. The minimum atomic E-state index is -0.213. The summed E-state index contributed by atoms with van der Waals surface area (Å²) in [6, 6.07) is 7.55. The van der Waals surface area contributed by atoms with Crippen LogP contribution < -0.4 is 5.32 Å². The van der Waals surface area contributed by atoms with Gasteiger partial charge in [0.2, 0.25) is 0 Å². The highest BCUT2D eigenvalue weighted by molar-refractivity contribution is 7.12. The zero-order chi connectivity index (χ0) is 16.9. The molecule has 0 saturated carbocycles. The van der Waals surface area contributed by atoms with Crippen LogP contribution in [0.25, 0.3) is 11.6 Å². The molecule has 0 unspecified atom stereocenters. The molecule has 0 saturated heterocycles. The van der Waals surface area contributed by atoms with E-state index in [0.29, 0.717) is 40.4 Å². The lowest BCUT2D eigenvalue weighted by molar-refractivity contribution is 0.0954. The largest absolute Gasteiger partial charge is 0.350 e. The molecule has 3 rings (SSSR count). The Morgan fingerprint density at radius 2 is 2.08 bits per heavy atom. The van der Waals surface area contributed by atoms with Gasteiger partial charge in [0, 0.05) is 23.4 Å². The monoisotopic (exact) mass is 362 g/mol. The summed E-state index contributed by atoms with van der Waals surface area (Å²) in [6.07, 6.45) is 1.41. The van der Waals surface area contributed by atoms with Crippen molar-refractivity contribution in [2.75, 3.05) is 6.54 Å². The number of amides is 1. The normalized spacial score (nSPS) is 10.8. The van der Waals surface area contributed by atoms with Crippen molar-refractivity contribution in [3.05, 3.63) is 51.1 Å². The minimum Gasteiger partial charge on any atom is -0.350 e. The highest BCUT2D eigenvalue weighted by Gasteiger charge is 2.15. The van der Waals surface area contributed by atoms with Gasteiger partial charge >= 0.3 is 0 Å². The first-order valence-corrected chi connectivity index (χ1v) is 8.72. The third kappa shape index (κ3) is 3.98. The van der Waals surface area contributed by atoms with Crippen LogP contribution >= 0.6 is 22.9 Å². The van der Waals surface area contributed by atoms with E-state index in [1.165, 1.54) is 11.3 Å². The molecule has 0 spiro atoms. The maximum absolute atomic E-state index is 12.1. The van der Waals surface area contributed by atoms with E-state index in [4.69, 9.17) is 16.1 Å². The molecular weight excluding hydrogens is 348 g/mol. The van der Waals surface area contributed by atoms with Gasteiger partial charge in [-0.3, -0.25) is 4.79 Å². The molecule has 3 aromatic rings. The molecule has 2 heterocycles. The number of aromatic nitrogens is 3. The van der Waals surface area contributed by atoms with Crippen molar-refractivity contribution in [1.29, 1.82) is 0 Å². The predicted molar refractivity (Wildman–Crippen MR) is 92.3 cm³/mol. The average molecular weight is 363 g/mol. The van der Waals surface area contributed by atoms with E-state index in [0.717, 1.165) is 12.0 Å². The van der Waals surface area contributed by atoms with Crippen LogP contribution in [0, 0.1) is 0 Å². The Bertz CT molecular complexity index is 829. The summed E-state index contributed by atoms with van der Waals surface area (Å²) >= 11 is 7.10. The van der Waals surface area contributed by atoms with Crippen molar-refractivity contribution >= 4 is 28.8 Å². The summed E-state index contributed by atoms with van der Waals surface area (Å²) < 4.78 is 5.12. The lowest BCUT2D eigenvalue weighted by Gasteiger charge is -2.03. The van der Waals surface area contributed by atoms with Crippen LogP contribution in [0.5, 0.6) is 0 Å². The van der Waals surface area contributed by atoms with Gasteiger partial charge in [-0.15, -0.1) is 11.3 Å². The molecule has 0 aliphatic carbocycles. The summed E-state index contributed by atoms with van der Waals surface area (Å²) in [5, 5.41) is 9.48. The van der Waals surface area contributed by atoms with Crippen LogP contribution in [0.2, 0.25) is 5.02 Å². The Morgan fingerprint density at radius 1 is 1.29 bits per heavy atom. The Hall–Kier alpha value is -2.25. The molecule has 0 aliphatic heterocycles. The van der Waals surface area contributed by atoms with Gasteiger partial charge in [-0.05, 0) is 24.1 Å². The first-order chi connectivity index (χ1) is 11.7. The van der Waals surface area contributed by atoms with Gasteiger partial charge in [0.15, 0.2) is 10.8 Å². The van der Waals surface area contributed by atoms with Gasteiger partial charge in [0.1, 0.15) is 5.69 Å². The number of benzene rings is 1. The Labute approximate surface area is 147 Å². The van der Waals surface area contributed by atoms with Crippen molar-refractivity contribution in [2.45, 2.75) is 19.8 Å². The van der Waals surface area contributed by atoms with Crippen molar-refractivity contribution in [3.63, 3.8) is 0 Å². The molecule has 124 valence electrons. The second-order valence-electron chi connectivity index (χ2n) is 5.04. The number of rotatable bonds is 6. The predicted octanol–water partition coefficient (Wildman–Crippen LogP) is 3.38. The fraction of sp³-hybridized carbons (Fsp3) is 0.250. The van der Waals surface area contributed by atoms with E-state index in [1.807, 2.05) is 31.2 Å². The van der Waals surface area contributed by atoms with Gasteiger partial charge in [0.25, 0.3) is 11.8 Å². The lowest BCUT2D eigenvalue weighted by atomic mass is 10.1. The molecule has 1 aromatic carbocycles. The van der Waals surface area contributed by atoms with E-state index in [9.17, 15) is 4.79 Å². The van der Waals surface area contributed by atoms with E-state index in [2.05, 4.69) is 20.4 Å². The molecule has 0 radical (unpaired) electrons. The number of hydrogen-bond acceptors (Lipinski definition) is 6. The Balaban J connectivity index is 1.56. The van der Waals surface area contributed by atoms with Crippen LogP contribution in [-0.4, -0.2) is 27.6 Å². The fourth-order valence-electron chi connectivity index (χ4n) is 2.02. The first kappa shape index (κ1) is 16.6. The van der Waals surface area contributed by atoms with E-state index < -0.39 is 0 Å². The average Bonchev–Trinajstić information content (AvgIpc) is 3.25. The molecule has 0 aliphatic rings. The third-order valence-electron chi connectivity index (χ3n) is 3.31. The van der Waals surface area contributed by atoms with Gasteiger partial charge < -0.3 is 9.84 Å². The van der Waals surface area contributed by atoms with Gasteiger partial charge in [-0.1, -0.05) is 35.8 Å². The number of aryl methyl sites for hydroxylation is 1. The van der Waals surface area contributed by atoms with Crippen molar-refractivity contribution in [3.8, 4) is 11.6 Å². The molecule has 0 atom stereocenters. The molecule has 24 heavy (non-hydrogen) atoms. The van der Waals surface area contributed by atoms with Crippen LogP contribution in [0.4, 0.5) is 0 Å². The van der Waals surface area contributed by atoms with Crippen molar-refractivity contribution < 1.29 is 9.32 Å². The zero-order valence-corrected chi connectivity index (χ0v) is 14.5. The van der Waals surface area contributed by atoms with E-state index in [1.54, 1.807) is 5.38 Å². The number of carbonyl (C=O) groups excluding carboxylic acids is 1. The molecule has 0 fully saturated rings. The topological polar surface area (TPSA) is 80.9 Å². The molecule has 1 N–H and O–H groups in total. The number of halogens is 1. The summed E-state index contributed by atoms with van der Waals surface area (Å²) in [4.78, 5) is 20.6. The molecule has 2 aromatic heterocycles. The Morgan fingerprint density at radius 3 is 2.79 bits per heavy atom. The smallest absolute Gasteiger partial charge is 0.280 e. The minimum absolute atomic E-state index is 0.213. The second kappa shape index (κ2) is 7.55. The van der Waals surface area contributed by atoms with Crippen molar-refractivity contribution in [2.24, 2.45) is 0 Å². The first-order valence-electron chi connectivity index (χ1n) is 7.47. The van der Waals surface area contributed by atoms with Gasteiger partial charge in [-0.2, -0.15) is 4.98 Å². The Kier molecular flexibility index (Phi) is 5.22. The molecule has 1 amide bonds. The number of carbonyl (C=O) groups is 1. The lowest BCUT2D eigenvalue weighted by Crippen LogP contribution is -2.25. The molecule has 0 bridgehead atoms.